The second-order valence-corrected chi connectivity index (χ2v) is 11.7. The zero-order valence-corrected chi connectivity index (χ0v) is 26.4. The van der Waals surface area contributed by atoms with Crippen LogP contribution in [-0.4, -0.2) is 69.5 Å². The van der Waals surface area contributed by atoms with Crippen molar-refractivity contribution >= 4 is 5.97 Å². The first kappa shape index (κ1) is 36.2. The molecule has 0 fully saturated rings. The predicted octanol–water partition coefficient (Wildman–Crippen LogP) is 3.92. The van der Waals surface area contributed by atoms with Crippen LogP contribution < -0.4 is 12.4 Å². The molecule has 8 nitrogen and oxygen atoms in total. The summed E-state index contributed by atoms with van der Waals surface area (Å²) in [5.41, 5.74) is -3.13. The molecule has 1 unspecified atom stereocenters. The van der Waals surface area contributed by atoms with Gasteiger partial charge in [0.2, 0.25) is 0 Å². The average molecular weight is 697 g/mol. The number of pyridine rings is 1. The Hall–Kier alpha value is -4.63. The number of imidazole rings is 1. The standard InChI is InChI=1S/C32H28F7N6O2.ClH/c1-45(2,3)15-6-16-47-30(46)28(44-14-13-25-27(18-44)41-29(40-25)21-7-4-5-8-23(21)33)26-12-11-24(42-43-26)20-10-9-19(31(34,35)36)17-22(20)32(37,38)39;/h4-5,7-14,17-18,28H,6,15-16H2,1-3H3;1H/q+1;/p-1. The van der Waals surface area contributed by atoms with Crippen molar-refractivity contribution in [2.45, 2.75) is 24.8 Å². The van der Waals surface area contributed by atoms with Crippen LogP contribution in [0.5, 0.6) is 0 Å². The summed E-state index contributed by atoms with van der Waals surface area (Å²) >= 11 is 0. The Kier molecular flexibility index (Phi) is 10.4. The fourth-order valence-electron chi connectivity index (χ4n) is 4.85. The lowest BCUT2D eigenvalue weighted by atomic mass is 10.00. The molecule has 2 aliphatic rings. The van der Waals surface area contributed by atoms with Crippen molar-refractivity contribution in [2.75, 3.05) is 34.3 Å². The van der Waals surface area contributed by atoms with E-state index in [0.29, 0.717) is 41.0 Å². The number of alkyl halides is 6. The molecule has 0 amide bonds. The SMILES string of the molecule is C[N+](C)(C)CCCOC(=O)C(c1ccc(-c2ccc(C(F)(F)F)cc2C(F)(F)F)nn1)n1ccc2nc(-c3ccccc3F)nc-2c1.[Cl-]. The maximum absolute atomic E-state index is 14.4. The van der Waals surface area contributed by atoms with Crippen molar-refractivity contribution in [3.05, 3.63) is 95.7 Å². The summed E-state index contributed by atoms with van der Waals surface area (Å²) in [6.07, 6.45) is -6.62. The van der Waals surface area contributed by atoms with Crippen molar-refractivity contribution in [3.8, 4) is 34.0 Å². The van der Waals surface area contributed by atoms with Gasteiger partial charge in [-0.25, -0.2) is 19.2 Å². The van der Waals surface area contributed by atoms with E-state index in [2.05, 4.69) is 20.2 Å². The minimum Gasteiger partial charge on any atom is -1.00 e. The number of hydrogen-bond donors (Lipinski definition) is 0. The number of carbonyl (C=O) groups is 1. The second-order valence-electron chi connectivity index (χ2n) is 11.7. The highest BCUT2D eigenvalue weighted by molar-refractivity contribution is 5.78. The molecule has 3 heterocycles. The number of rotatable bonds is 9. The van der Waals surface area contributed by atoms with Crippen LogP contribution in [0.25, 0.3) is 34.0 Å². The molecule has 0 saturated carbocycles. The molecule has 1 aromatic heterocycles. The third-order valence-corrected chi connectivity index (χ3v) is 7.14. The molecule has 0 saturated heterocycles. The van der Waals surface area contributed by atoms with Crippen molar-refractivity contribution < 1.29 is 57.2 Å². The van der Waals surface area contributed by atoms with Gasteiger partial charge in [0.1, 0.15) is 11.5 Å². The van der Waals surface area contributed by atoms with Crippen LogP contribution in [0.3, 0.4) is 0 Å². The van der Waals surface area contributed by atoms with E-state index in [9.17, 15) is 35.5 Å². The molecule has 0 N–H and O–H groups in total. The van der Waals surface area contributed by atoms with Gasteiger partial charge in [0.15, 0.2) is 11.9 Å². The van der Waals surface area contributed by atoms with Crippen LogP contribution in [0, 0.1) is 5.82 Å². The summed E-state index contributed by atoms with van der Waals surface area (Å²) in [5, 5.41) is 7.87. The third-order valence-electron chi connectivity index (χ3n) is 7.14. The Bertz CT molecular complexity index is 1850. The number of ether oxygens (including phenoxy) is 1. The van der Waals surface area contributed by atoms with Gasteiger partial charge in [-0.3, -0.25) is 0 Å². The zero-order valence-electron chi connectivity index (χ0n) is 25.7. The van der Waals surface area contributed by atoms with Gasteiger partial charge in [-0.05, 0) is 42.5 Å². The summed E-state index contributed by atoms with van der Waals surface area (Å²) in [6, 6.07) is 9.82. The Morgan fingerprint density at radius 2 is 1.56 bits per heavy atom. The first-order chi connectivity index (χ1) is 22.0. The quantitative estimate of drug-likeness (QED) is 0.101. The Labute approximate surface area is 276 Å². The van der Waals surface area contributed by atoms with Crippen molar-refractivity contribution in [3.63, 3.8) is 0 Å². The van der Waals surface area contributed by atoms with Gasteiger partial charge < -0.3 is 26.2 Å². The number of aromatic nitrogens is 5. The number of benzene rings is 2. The van der Waals surface area contributed by atoms with Gasteiger partial charge in [0, 0.05) is 24.4 Å². The number of hydrogen-bond acceptors (Lipinski definition) is 6. The fourth-order valence-corrected chi connectivity index (χ4v) is 4.85. The summed E-state index contributed by atoms with van der Waals surface area (Å²) in [5.74, 6) is -1.16. The molecule has 0 spiro atoms. The molecule has 254 valence electrons. The Balaban J connectivity index is 0.00000520. The van der Waals surface area contributed by atoms with E-state index in [1.807, 2.05) is 21.1 Å². The van der Waals surface area contributed by atoms with Crippen LogP contribution in [0.2, 0.25) is 0 Å². The van der Waals surface area contributed by atoms with E-state index in [-0.39, 0.29) is 47.9 Å². The molecule has 16 heteroatoms. The second kappa shape index (κ2) is 13.8. The molecule has 0 radical (unpaired) electrons. The van der Waals surface area contributed by atoms with E-state index < -0.39 is 46.9 Å². The minimum absolute atomic E-state index is 0. The number of fused-ring (bicyclic) bond motifs is 1. The van der Waals surface area contributed by atoms with Gasteiger partial charge >= 0.3 is 18.3 Å². The molecule has 48 heavy (non-hydrogen) atoms. The minimum atomic E-state index is -5.12. The first-order valence-corrected chi connectivity index (χ1v) is 14.2. The summed E-state index contributed by atoms with van der Waals surface area (Å²) in [7, 11) is 5.93. The van der Waals surface area contributed by atoms with Crippen molar-refractivity contribution in [1.82, 2.24) is 24.7 Å². The highest BCUT2D eigenvalue weighted by atomic mass is 35.5. The van der Waals surface area contributed by atoms with Crippen LogP contribution in [0.15, 0.2) is 73.1 Å². The molecule has 5 rings (SSSR count). The van der Waals surface area contributed by atoms with Gasteiger partial charge in [-0.1, -0.05) is 18.2 Å². The lowest BCUT2D eigenvalue weighted by molar-refractivity contribution is -0.870. The van der Waals surface area contributed by atoms with Gasteiger partial charge in [0.05, 0.1) is 68.1 Å². The van der Waals surface area contributed by atoms with E-state index in [0.717, 1.165) is 6.07 Å². The van der Waals surface area contributed by atoms with Crippen LogP contribution in [-0.2, 0) is 21.9 Å². The highest BCUT2D eigenvalue weighted by Gasteiger charge is 2.39. The van der Waals surface area contributed by atoms with Crippen molar-refractivity contribution in [2.24, 2.45) is 0 Å². The smallest absolute Gasteiger partial charge is 0.417 e. The molecule has 2 aromatic carbocycles. The van der Waals surface area contributed by atoms with Gasteiger partial charge in [-0.2, -0.15) is 36.5 Å². The molecule has 0 bridgehead atoms. The van der Waals surface area contributed by atoms with Crippen LogP contribution in [0.4, 0.5) is 30.7 Å². The number of nitrogens with zero attached hydrogens (tertiary/aromatic N) is 6. The molecular weight excluding hydrogens is 669 g/mol. The zero-order chi connectivity index (χ0) is 34.1. The summed E-state index contributed by atoms with van der Waals surface area (Å²) in [6.45, 7) is 0.759. The number of carbonyl (C=O) groups excluding carboxylic acids is 1. The van der Waals surface area contributed by atoms with Crippen molar-refractivity contribution in [1.29, 1.82) is 0 Å². The monoisotopic (exact) mass is 696 g/mol. The maximum atomic E-state index is 14.4. The van der Waals surface area contributed by atoms with E-state index >= 15 is 0 Å². The van der Waals surface area contributed by atoms with Crippen LogP contribution >= 0.6 is 0 Å². The Morgan fingerprint density at radius 1 is 0.854 bits per heavy atom. The maximum Gasteiger partial charge on any atom is 0.417 e. The summed E-state index contributed by atoms with van der Waals surface area (Å²) in [4.78, 5) is 22.3. The summed E-state index contributed by atoms with van der Waals surface area (Å²) < 4.78 is 103. The van der Waals surface area contributed by atoms with Gasteiger partial charge in [-0.15, -0.1) is 0 Å². The van der Waals surface area contributed by atoms with Gasteiger partial charge in [0.25, 0.3) is 0 Å². The molecule has 1 atom stereocenters. The van der Waals surface area contributed by atoms with E-state index in [1.54, 1.807) is 12.1 Å². The lowest BCUT2D eigenvalue weighted by Gasteiger charge is -2.24. The predicted molar refractivity (Wildman–Crippen MR) is 156 cm³/mol. The highest BCUT2D eigenvalue weighted by Crippen LogP contribution is 2.40. The first-order valence-electron chi connectivity index (χ1n) is 14.2. The number of quaternary nitrogens is 1. The number of halogens is 8. The number of esters is 1. The molecule has 3 aromatic rings. The van der Waals surface area contributed by atoms with Crippen LogP contribution in [0.1, 0.15) is 29.3 Å². The van der Waals surface area contributed by atoms with E-state index in [1.165, 1.54) is 41.2 Å². The Morgan fingerprint density at radius 3 is 2.19 bits per heavy atom. The lowest BCUT2D eigenvalue weighted by Crippen LogP contribution is -3.00. The molecular formula is C32H28ClF7N6O2. The fraction of sp³-hybridized carbons (Fsp3) is 0.281. The molecule has 2 aliphatic heterocycles. The third kappa shape index (κ3) is 8.26. The normalized spacial score (nSPS) is 12.9. The topological polar surface area (TPSA) is 82.8 Å². The largest absolute Gasteiger partial charge is 1.00 e. The average Bonchev–Trinajstić information content (AvgIpc) is 3.42. The van der Waals surface area contributed by atoms with E-state index in [4.69, 9.17) is 4.74 Å². The molecule has 0 aliphatic carbocycles.